The molecule has 0 radical (unpaired) electrons. The number of anilines is 1. The van der Waals surface area contributed by atoms with Gasteiger partial charge >= 0.3 is 0 Å². The first-order valence-corrected chi connectivity index (χ1v) is 6.52. The van der Waals surface area contributed by atoms with E-state index in [1.807, 2.05) is 30.0 Å². The molecule has 0 aliphatic carbocycles. The lowest BCUT2D eigenvalue weighted by atomic mass is 10.1. The number of hydrogen-bond acceptors (Lipinski definition) is 3. The van der Waals surface area contributed by atoms with E-state index in [2.05, 4.69) is 5.32 Å². The summed E-state index contributed by atoms with van der Waals surface area (Å²) in [6.45, 7) is 3.84. The molecule has 0 bridgehead atoms. The number of amides is 1. The molecule has 1 aromatic rings. The van der Waals surface area contributed by atoms with Crippen molar-refractivity contribution in [1.29, 1.82) is 0 Å². The molecule has 1 amide bonds. The lowest BCUT2D eigenvalue weighted by molar-refractivity contribution is -0.119. The molecule has 3 N–H and O–H groups in total. The number of hydrogen-bond donors (Lipinski definition) is 2. The van der Waals surface area contributed by atoms with Gasteiger partial charge in [0.05, 0.1) is 17.3 Å². The molecule has 98 valence electrons. The Labute approximate surface area is 112 Å². The van der Waals surface area contributed by atoms with E-state index in [1.165, 1.54) is 0 Å². The molecule has 1 aliphatic rings. The molecule has 1 heterocycles. The zero-order valence-corrected chi connectivity index (χ0v) is 11.2. The van der Waals surface area contributed by atoms with Crippen molar-refractivity contribution < 1.29 is 4.79 Å². The normalized spacial score (nSPS) is 18.2. The van der Waals surface area contributed by atoms with Crippen molar-refractivity contribution in [3.63, 3.8) is 0 Å². The summed E-state index contributed by atoms with van der Waals surface area (Å²) in [5, 5.41) is 3.50. The van der Waals surface area contributed by atoms with Crippen molar-refractivity contribution in [3.05, 3.63) is 28.8 Å². The number of carbonyl (C=O) groups excluding carboxylic acids is 1. The van der Waals surface area contributed by atoms with Gasteiger partial charge in [-0.3, -0.25) is 4.79 Å². The standard InChI is InChI=1S/C13H18ClN3O/c1-9(15)10-3-4-12(11(14)7-10)17-6-2-5-16-13(18)8-17/h3-4,7,9H,2,5-6,8,15H2,1H3,(H,16,18). The third-order valence-corrected chi connectivity index (χ3v) is 3.40. The van der Waals surface area contributed by atoms with Crippen molar-refractivity contribution in [1.82, 2.24) is 5.32 Å². The van der Waals surface area contributed by atoms with E-state index in [0.29, 0.717) is 11.6 Å². The average molecular weight is 268 g/mol. The van der Waals surface area contributed by atoms with Gasteiger partial charge in [-0.15, -0.1) is 0 Å². The number of nitrogens with one attached hydrogen (secondary N) is 1. The minimum Gasteiger partial charge on any atom is -0.361 e. The molecule has 1 fully saturated rings. The van der Waals surface area contributed by atoms with E-state index >= 15 is 0 Å². The molecular formula is C13H18ClN3O. The van der Waals surface area contributed by atoms with Crippen LogP contribution in [0, 0.1) is 0 Å². The minimum absolute atomic E-state index is 0.0380. The van der Waals surface area contributed by atoms with E-state index in [-0.39, 0.29) is 11.9 Å². The molecular weight excluding hydrogens is 250 g/mol. The van der Waals surface area contributed by atoms with Crippen molar-refractivity contribution >= 4 is 23.2 Å². The summed E-state index contributed by atoms with van der Waals surface area (Å²) < 4.78 is 0. The van der Waals surface area contributed by atoms with Crippen LogP contribution in [0.3, 0.4) is 0 Å². The molecule has 0 saturated carbocycles. The number of nitrogens with two attached hydrogens (primary N) is 1. The van der Waals surface area contributed by atoms with Gasteiger partial charge in [0.15, 0.2) is 0 Å². The maximum Gasteiger partial charge on any atom is 0.239 e. The lowest BCUT2D eigenvalue weighted by Gasteiger charge is -2.23. The molecule has 2 rings (SSSR count). The maximum atomic E-state index is 11.5. The van der Waals surface area contributed by atoms with Gasteiger partial charge in [-0.2, -0.15) is 0 Å². The van der Waals surface area contributed by atoms with Crippen LogP contribution in [0.25, 0.3) is 0 Å². The van der Waals surface area contributed by atoms with E-state index in [1.54, 1.807) is 0 Å². The Bertz CT molecular complexity index is 448. The Morgan fingerprint density at radius 2 is 2.28 bits per heavy atom. The van der Waals surface area contributed by atoms with Crippen LogP contribution in [0.4, 0.5) is 5.69 Å². The van der Waals surface area contributed by atoms with Crippen molar-refractivity contribution in [2.75, 3.05) is 24.5 Å². The molecule has 1 aliphatic heterocycles. The maximum absolute atomic E-state index is 11.5. The van der Waals surface area contributed by atoms with Gasteiger partial charge in [-0.1, -0.05) is 17.7 Å². The first-order chi connectivity index (χ1) is 8.58. The van der Waals surface area contributed by atoms with Crippen LogP contribution in [0.2, 0.25) is 5.02 Å². The highest BCUT2D eigenvalue weighted by atomic mass is 35.5. The summed E-state index contributed by atoms with van der Waals surface area (Å²) in [5.41, 5.74) is 7.73. The van der Waals surface area contributed by atoms with E-state index < -0.39 is 0 Å². The van der Waals surface area contributed by atoms with E-state index in [4.69, 9.17) is 17.3 Å². The summed E-state index contributed by atoms with van der Waals surface area (Å²) in [6.07, 6.45) is 0.928. The van der Waals surface area contributed by atoms with Crippen LogP contribution in [0.5, 0.6) is 0 Å². The van der Waals surface area contributed by atoms with Crippen LogP contribution in [-0.4, -0.2) is 25.5 Å². The van der Waals surface area contributed by atoms with Gasteiger partial charge in [0.25, 0.3) is 0 Å². The van der Waals surface area contributed by atoms with Crippen LogP contribution in [-0.2, 0) is 4.79 Å². The Morgan fingerprint density at radius 3 is 2.94 bits per heavy atom. The zero-order valence-electron chi connectivity index (χ0n) is 10.4. The molecule has 18 heavy (non-hydrogen) atoms. The average Bonchev–Trinajstić information content (AvgIpc) is 2.53. The molecule has 1 saturated heterocycles. The number of halogens is 1. The van der Waals surface area contributed by atoms with E-state index in [0.717, 1.165) is 30.8 Å². The van der Waals surface area contributed by atoms with Gasteiger partial charge in [0.1, 0.15) is 0 Å². The fourth-order valence-corrected chi connectivity index (χ4v) is 2.38. The summed E-state index contributed by atoms with van der Waals surface area (Å²) in [6, 6.07) is 5.75. The lowest BCUT2D eigenvalue weighted by Crippen LogP contribution is -2.33. The van der Waals surface area contributed by atoms with Crippen molar-refractivity contribution in [3.8, 4) is 0 Å². The topological polar surface area (TPSA) is 58.4 Å². The molecule has 4 nitrogen and oxygen atoms in total. The summed E-state index contributed by atoms with van der Waals surface area (Å²) >= 11 is 6.28. The molecule has 1 aromatic carbocycles. The second kappa shape index (κ2) is 5.59. The molecule has 1 atom stereocenters. The smallest absolute Gasteiger partial charge is 0.239 e. The van der Waals surface area contributed by atoms with Crippen LogP contribution in [0.1, 0.15) is 24.9 Å². The number of carbonyl (C=O) groups is 1. The monoisotopic (exact) mass is 267 g/mol. The second-order valence-corrected chi connectivity index (χ2v) is 5.03. The molecule has 1 unspecified atom stereocenters. The number of nitrogens with zero attached hydrogens (tertiary/aromatic N) is 1. The van der Waals surface area contributed by atoms with Crippen molar-refractivity contribution in [2.45, 2.75) is 19.4 Å². The summed E-state index contributed by atoms with van der Waals surface area (Å²) in [5.74, 6) is 0.0415. The largest absolute Gasteiger partial charge is 0.361 e. The Kier molecular flexibility index (Phi) is 4.09. The Balaban J connectivity index is 2.24. The second-order valence-electron chi connectivity index (χ2n) is 4.62. The predicted octanol–water partition coefficient (Wildman–Crippen LogP) is 1.69. The van der Waals surface area contributed by atoms with Gasteiger partial charge in [0.2, 0.25) is 5.91 Å². The quantitative estimate of drug-likeness (QED) is 0.857. The van der Waals surface area contributed by atoms with E-state index in [9.17, 15) is 4.79 Å². The fourth-order valence-electron chi connectivity index (χ4n) is 2.07. The van der Waals surface area contributed by atoms with Crippen LogP contribution >= 0.6 is 11.6 Å². The highest BCUT2D eigenvalue weighted by Crippen LogP contribution is 2.29. The highest BCUT2D eigenvalue weighted by molar-refractivity contribution is 6.33. The van der Waals surface area contributed by atoms with Crippen LogP contribution < -0.4 is 16.0 Å². The fraction of sp³-hybridized carbons (Fsp3) is 0.462. The summed E-state index contributed by atoms with van der Waals surface area (Å²) in [7, 11) is 0. The summed E-state index contributed by atoms with van der Waals surface area (Å²) in [4.78, 5) is 13.5. The molecule has 0 spiro atoms. The van der Waals surface area contributed by atoms with Gasteiger partial charge in [-0.25, -0.2) is 0 Å². The Hall–Kier alpha value is -1.26. The third kappa shape index (κ3) is 2.94. The van der Waals surface area contributed by atoms with Gasteiger partial charge < -0.3 is 16.0 Å². The molecule has 5 heteroatoms. The van der Waals surface area contributed by atoms with Crippen molar-refractivity contribution in [2.24, 2.45) is 5.73 Å². The third-order valence-electron chi connectivity index (χ3n) is 3.10. The number of rotatable bonds is 2. The van der Waals surface area contributed by atoms with Crippen LogP contribution in [0.15, 0.2) is 18.2 Å². The first kappa shape index (κ1) is 13.2. The highest BCUT2D eigenvalue weighted by Gasteiger charge is 2.17. The van der Waals surface area contributed by atoms with Gasteiger partial charge in [-0.05, 0) is 31.0 Å². The molecule has 0 aromatic heterocycles. The SMILES string of the molecule is CC(N)c1ccc(N2CCCNC(=O)C2)c(Cl)c1. The Morgan fingerprint density at radius 1 is 1.50 bits per heavy atom. The first-order valence-electron chi connectivity index (χ1n) is 6.14. The predicted molar refractivity (Wildman–Crippen MR) is 73.9 cm³/mol. The number of benzene rings is 1. The van der Waals surface area contributed by atoms with Gasteiger partial charge in [0, 0.05) is 19.1 Å². The minimum atomic E-state index is -0.0380. The zero-order chi connectivity index (χ0) is 13.1.